The Kier molecular flexibility index (Phi) is 3.32. The molecule has 0 fully saturated rings. The van der Waals surface area contributed by atoms with Gasteiger partial charge in [0.25, 0.3) is 0 Å². The van der Waals surface area contributed by atoms with Crippen LogP contribution in [-0.2, 0) is 11.3 Å². The molecule has 7 nitrogen and oxygen atoms in total. The third kappa shape index (κ3) is 2.01. The molecule has 24 heavy (non-hydrogen) atoms. The van der Waals surface area contributed by atoms with Gasteiger partial charge in [-0.15, -0.1) is 5.10 Å². The Labute approximate surface area is 137 Å². The molecule has 1 aliphatic rings. The minimum atomic E-state index is -0.718. The molecule has 3 heterocycles. The maximum atomic E-state index is 9.64. The van der Waals surface area contributed by atoms with Crippen molar-refractivity contribution in [1.29, 1.82) is 10.7 Å². The van der Waals surface area contributed by atoms with E-state index < -0.39 is 5.92 Å². The number of hydrogen-bond donors (Lipinski definition) is 3. The largest absolute Gasteiger partial charge is 0.422 e. The summed E-state index contributed by atoms with van der Waals surface area (Å²) in [6.07, 6.45) is 1.89. The average molecular weight is 321 g/mol. The van der Waals surface area contributed by atoms with Crippen LogP contribution in [0.15, 0.2) is 30.5 Å². The summed E-state index contributed by atoms with van der Waals surface area (Å²) >= 11 is 0. The highest BCUT2D eigenvalue weighted by Gasteiger charge is 2.41. The molecule has 0 saturated carbocycles. The summed E-state index contributed by atoms with van der Waals surface area (Å²) in [5, 5.41) is 25.8. The molecule has 3 aromatic rings. The molecule has 3 N–H and O–H groups in total. The molecule has 0 aliphatic carbocycles. The lowest BCUT2D eigenvalue weighted by Crippen LogP contribution is -2.31. The summed E-state index contributed by atoms with van der Waals surface area (Å²) in [6.45, 7) is 0.329. The van der Waals surface area contributed by atoms with Gasteiger partial charge in [-0.05, 0) is 11.6 Å². The first kappa shape index (κ1) is 14.5. The van der Waals surface area contributed by atoms with Crippen molar-refractivity contribution in [2.45, 2.75) is 12.5 Å². The van der Waals surface area contributed by atoms with E-state index in [1.54, 1.807) is 7.11 Å². The number of rotatable bonds is 3. The number of aromatic nitrogens is 3. The van der Waals surface area contributed by atoms with E-state index in [4.69, 9.17) is 14.9 Å². The highest BCUT2D eigenvalue weighted by molar-refractivity contribution is 5.89. The van der Waals surface area contributed by atoms with Gasteiger partial charge in [0.15, 0.2) is 0 Å². The zero-order valence-electron chi connectivity index (χ0n) is 13.0. The fourth-order valence-electron chi connectivity index (χ4n) is 3.33. The van der Waals surface area contributed by atoms with Crippen LogP contribution < -0.4 is 4.74 Å². The molecule has 2 aromatic heterocycles. The number of nitriles is 1. The van der Waals surface area contributed by atoms with E-state index in [1.807, 2.05) is 30.5 Å². The maximum Gasteiger partial charge on any atom is 0.243 e. The number of H-pyrrole nitrogens is 2. The van der Waals surface area contributed by atoms with E-state index >= 15 is 0 Å². The van der Waals surface area contributed by atoms with Gasteiger partial charge < -0.3 is 14.5 Å². The lowest BCUT2D eigenvalue weighted by molar-refractivity contribution is 0.180. The zero-order valence-corrected chi connectivity index (χ0v) is 13.0. The summed E-state index contributed by atoms with van der Waals surface area (Å²) in [5.41, 5.74) is 3.48. The Balaban J connectivity index is 1.96. The summed E-state index contributed by atoms with van der Waals surface area (Å²) in [5.74, 6) is -0.805. The number of benzene rings is 1. The van der Waals surface area contributed by atoms with Gasteiger partial charge in [0, 0.05) is 35.7 Å². The first-order chi connectivity index (χ1) is 11.7. The Morgan fingerprint density at radius 1 is 1.42 bits per heavy atom. The molecule has 4 rings (SSSR count). The van der Waals surface area contributed by atoms with E-state index in [0.29, 0.717) is 12.5 Å². The molecular weight excluding hydrogens is 306 g/mol. The van der Waals surface area contributed by atoms with E-state index in [-0.39, 0.29) is 11.8 Å². The molecule has 0 radical (unpaired) electrons. The van der Waals surface area contributed by atoms with Crippen LogP contribution in [0.1, 0.15) is 22.7 Å². The van der Waals surface area contributed by atoms with Crippen LogP contribution in [0.5, 0.6) is 5.88 Å². The summed E-state index contributed by atoms with van der Waals surface area (Å²) in [7, 11) is 1.60. The van der Waals surface area contributed by atoms with Crippen LogP contribution in [0.4, 0.5) is 0 Å². The number of aromatic amines is 2. The molecule has 0 bridgehead atoms. The molecule has 2 unspecified atom stereocenters. The number of ether oxygens (including phenoxy) is 2. The second-order valence-electron chi connectivity index (χ2n) is 5.69. The van der Waals surface area contributed by atoms with Gasteiger partial charge in [-0.1, -0.05) is 18.2 Å². The second kappa shape index (κ2) is 5.51. The number of hydrogen-bond acceptors (Lipinski definition) is 5. The zero-order chi connectivity index (χ0) is 16.7. The molecule has 1 aromatic carbocycles. The molecule has 7 heteroatoms. The highest BCUT2D eigenvalue weighted by Crippen LogP contribution is 2.44. The van der Waals surface area contributed by atoms with E-state index in [1.165, 1.54) is 0 Å². The van der Waals surface area contributed by atoms with Gasteiger partial charge >= 0.3 is 0 Å². The Hall–Kier alpha value is -3.11. The predicted octanol–water partition coefficient (Wildman–Crippen LogP) is 2.68. The lowest BCUT2D eigenvalue weighted by atomic mass is 9.79. The molecule has 1 aliphatic heterocycles. The number of methoxy groups -OCH3 is 1. The Morgan fingerprint density at radius 3 is 3.04 bits per heavy atom. The van der Waals surface area contributed by atoms with Crippen LogP contribution in [0.25, 0.3) is 10.9 Å². The van der Waals surface area contributed by atoms with Crippen molar-refractivity contribution in [1.82, 2.24) is 15.2 Å². The monoisotopic (exact) mass is 321 g/mol. The minimum Gasteiger partial charge on any atom is -0.422 e. The highest BCUT2D eigenvalue weighted by atomic mass is 16.5. The maximum absolute atomic E-state index is 9.64. The average Bonchev–Trinajstić information content (AvgIpc) is 3.18. The SMILES string of the molecule is COCc1[nH]nc2c1C(c1c[nH]c3ccccc13)C(C#N)C(=N)O2. The molecule has 0 spiro atoms. The molecule has 0 amide bonds. The topological polar surface area (TPSA) is 111 Å². The van der Waals surface area contributed by atoms with Crippen LogP contribution in [-0.4, -0.2) is 28.2 Å². The third-order valence-electron chi connectivity index (χ3n) is 4.37. The molecule has 120 valence electrons. The number of nitrogens with zero attached hydrogens (tertiary/aromatic N) is 2. The van der Waals surface area contributed by atoms with Crippen molar-refractivity contribution in [2.75, 3.05) is 7.11 Å². The van der Waals surface area contributed by atoms with Crippen LogP contribution in [0.3, 0.4) is 0 Å². The minimum absolute atomic E-state index is 0.0873. The third-order valence-corrected chi connectivity index (χ3v) is 4.37. The van der Waals surface area contributed by atoms with Crippen molar-refractivity contribution >= 4 is 16.8 Å². The van der Waals surface area contributed by atoms with Crippen molar-refractivity contribution in [3.63, 3.8) is 0 Å². The summed E-state index contributed by atoms with van der Waals surface area (Å²) < 4.78 is 10.7. The molecular formula is C17H15N5O2. The summed E-state index contributed by atoms with van der Waals surface area (Å²) in [6, 6.07) is 10.1. The van der Waals surface area contributed by atoms with Crippen LogP contribution in [0.2, 0.25) is 0 Å². The van der Waals surface area contributed by atoms with Gasteiger partial charge in [0.2, 0.25) is 11.8 Å². The van der Waals surface area contributed by atoms with Crippen molar-refractivity contribution in [3.8, 4) is 11.9 Å². The van der Waals surface area contributed by atoms with Crippen molar-refractivity contribution in [3.05, 3.63) is 47.3 Å². The van der Waals surface area contributed by atoms with Crippen LogP contribution >= 0.6 is 0 Å². The van der Waals surface area contributed by atoms with E-state index in [9.17, 15) is 5.26 Å². The number of nitrogens with one attached hydrogen (secondary N) is 3. The van der Waals surface area contributed by atoms with Gasteiger partial charge in [-0.2, -0.15) is 5.26 Å². The van der Waals surface area contributed by atoms with E-state index in [0.717, 1.165) is 27.7 Å². The first-order valence-corrected chi connectivity index (χ1v) is 7.52. The van der Waals surface area contributed by atoms with Gasteiger partial charge in [0.1, 0.15) is 5.92 Å². The van der Waals surface area contributed by atoms with Crippen molar-refractivity contribution < 1.29 is 9.47 Å². The Morgan fingerprint density at radius 2 is 2.25 bits per heavy atom. The fourth-order valence-corrected chi connectivity index (χ4v) is 3.33. The first-order valence-electron chi connectivity index (χ1n) is 7.52. The second-order valence-corrected chi connectivity index (χ2v) is 5.69. The fraction of sp³-hybridized carbons (Fsp3) is 0.235. The molecule has 0 saturated heterocycles. The number of fused-ring (bicyclic) bond motifs is 2. The standard InChI is InChI=1S/C17H15N5O2/c1-23-8-13-15-14(10(6-18)16(19)24-17(15)22-21-13)11-7-20-12-5-3-2-4-9(11)12/h2-5,7,10,14,19-20H,8H2,1H3,(H,21,22). The number of para-hydroxylation sites is 1. The smallest absolute Gasteiger partial charge is 0.243 e. The summed E-state index contributed by atoms with van der Waals surface area (Å²) in [4.78, 5) is 3.24. The Bertz CT molecular complexity index is 965. The lowest BCUT2D eigenvalue weighted by Gasteiger charge is -2.27. The van der Waals surface area contributed by atoms with Crippen LogP contribution in [0, 0.1) is 22.7 Å². The normalized spacial score (nSPS) is 19.8. The molecule has 2 atom stereocenters. The van der Waals surface area contributed by atoms with E-state index in [2.05, 4.69) is 21.3 Å². The van der Waals surface area contributed by atoms with Gasteiger partial charge in [-0.25, -0.2) is 0 Å². The van der Waals surface area contributed by atoms with Gasteiger partial charge in [-0.3, -0.25) is 10.5 Å². The quantitative estimate of drug-likeness (QED) is 0.688. The van der Waals surface area contributed by atoms with Crippen molar-refractivity contribution in [2.24, 2.45) is 5.92 Å². The predicted molar refractivity (Wildman–Crippen MR) is 86.9 cm³/mol. The van der Waals surface area contributed by atoms with Gasteiger partial charge in [0.05, 0.1) is 18.4 Å².